The molecular formula is C21H17FN4O. The average molecular weight is 360 g/mol. The number of fused-ring (bicyclic) bond motifs is 1. The number of halogens is 1. The summed E-state index contributed by atoms with van der Waals surface area (Å²) in [6, 6.07) is 6.38. The maximum Gasteiger partial charge on any atom is 0.253 e. The first-order valence-corrected chi connectivity index (χ1v) is 9.10. The molecule has 2 aromatic heterocycles. The Bertz CT molecular complexity index is 1110. The highest BCUT2D eigenvalue weighted by Gasteiger charge is 2.28. The number of benzene rings is 1. The van der Waals surface area contributed by atoms with Crippen molar-refractivity contribution in [2.45, 2.75) is 31.6 Å². The Balaban J connectivity index is 1.69. The minimum absolute atomic E-state index is 0.276. The lowest BCUT2D eigenvalue weighted by Gasteiger charge is -2.15. The normalized spacial score (nSPS) is 16.9. The highest BCUT2D eigenvalue weighted by molar-refractivity contribution is 5.83. The third-order valence-corrected chi connectivity index (χ3v) is 5.08. The topological polar surface area (TPSA) is 60.2 Å². The van der Waals surface area contributed by atoms with Crippen LogP contribution in [0.2, 0.25) is 0 Å². The van der Waals surface area contributed by atoms with E-state index >= 15 is 0 Å². The number of allylic oxidation sites excluding steroid dienone is 4. The highest BCUT2D eigenvalue weighted by atomic mass is 19.1. The van der Waals surface area contributed by atoms with Crippen LogP contribution in [0.3, 0.4) is 0 Å². The molecule has 0 N–H and O–H groups in total. The Morgan fingerprint density at radius 2 is 1.89 bits per heavy atom. The van der Waals surface area contributed by atoms with Gasteiger partial charge in [0.1, 0.15) is 12.1 Å². The van der Waals surface area contributed by atoms with Gasteiger partial charge in [-0.1, -0.05) is 24.3 Å². The summed E-state index contributed by atoms with van der Waals surface area (Å²) in [5, 5.41) is 4.58. The van der Waals surface area contributed by atoms with Gasteiger partial charge in [-0.3, -0.25) is 4.79 Å². The first-order chi connectivity index (χ1) is 13.2. The van der Waals surface area contributed by atoms with Crippen LogP contribution in [0.15, 0.2) is 48.2 Å². The van der Waals surface area contributed by atoms with Gasteiger partial charge in [0.15, 0.2) is 5.82 Å². The fraction of sp³-hybridized carbons (Fsp3) is 0.238. The zero-order chi connectivity index (χ0) is 18.4. The maximum atomic E-state index is 13.4. The van der Waals surface area contributed by atoms with Gasteiger partial charge in [-0.15, -0.1) is 5.10 Å². The number of aromatic nitrogens is 4. The van der Waals surface area contributed by atoms with E-state index in [9.17, 15) is 9.18 Å². The number of aldehydes is 1. The first kappa shape index (κ1) is 16.1. The van der Waals surface area contributed by atoms with Crippen molar-refractivity contribution in [3.05, 3.63) is 65.5 Å². The molecule has 6 heteroatoms. The van der Waals surface area contributed by atoms with Crippen LogP contribution in [0.4, 0.5) is 4.39 Å². The van der Waals surface area contributed by atoms with Crippen molar-refractivity contribution < 1.29 is 9.18 Å². The minimum atomic E-state index is -0.276. The third kappa shape index (κ3) is 2.97. The Kier molecular flexibility index (Phi) is 3.70. The summed E-state index contributed by atoms with van der Waals surface area (Å²) in [5.41, 5.74) is 4.38. The number of carbonyl (C=O) groups is 1. The van der Waals surface area contributed by atoms with Crippen molar-refractivity contribution in [3.63, 3.8) is 0 Å². The molecule has 1 saturated carbocycles. The van der Waals surface area contributed by atoms with Gasteiger partial charge in [-0.25, -0.2) is 13.9 Å². The molecule has 0 unspecified atom stereocenters. The Labute approximate surface area is 155 Å². The summed E-state index contributed by atoms with van der Waals surface area (Å²) in [4.78, 5) is 20.4. The van der Waals surface area contributed by atoms with Crippen LogP contribution >= 0.6 is 0 Å². The molecule has 0 atom stereocenters. The van der Waals surface area contributed by atoms with Crippen LogP contribution in [0.5, 0.6) is 0 Å². The second-order valence-electron chi connectivity index (χ2n) is 7.05. The molecule has 1 aromatic carbocycles. The number of nitrogens with zero attached hydrogens (tertiary/aromatic N) is 4. The molecule has 2 heterocycles. The maximum absolute atomic E-state index is 13.4. The number of rotatable bonds is 4. The van der Waals surface area contributed by atoms with Crippen molar-refractivity contribution >= 4 is 17.6 Å². The molecular weight excluding hydrogens is 343 g/mol. The molecule has 0 amide bonds. The van der Waals surface area contributed by atoms with Gasteiger partial charge in [0.05, 0.1) is 5.69 Å². The standard InChI is InChI=1S/C21H17FN4O/c22-17-9-7-14(8-10-17)18-11-26-21(24-20(25-26)16-5-6-16)23-19(18)15-3-1-13(12-27)2-4-15/h1,3,7-12,16H,2,4-6H2. The smallest absolute Gasteiger partial charge is 0.253 e. The molecule has 0 spiro atoms. The second kappa shape index (κ2) is 6.23. The fourth-order valence-corrected chi connectivity index (χ4v) is 3.39. The summed E-state index contributed by atoms with van der Waals surface area (Å²) < 4.78 is 15.1. The molecule has 0 radical (unpaired) electrons. The van der Waals surface area contributed by atoms with Gasteiger partial charge in [-0.05, 0) is 54.5 Å². The fourth-order valence-electron chi connectivity index (χ4n) is 3.39. The molecule has 0 saturated heterocycles. The third-order valence-electron chi connectivity index (χ3n) is 5.08. The van der Waals surface area contributed by atoms with Crippen LogP contribution < -0.4 is 0 Å². The monoisotopic (exact) mass is 360 g/mol. The lowest BCUT2D eigenvalue weighted by atomic mass is 9.93. The van der Waals surface area contributed by atoms with Crippen LogP contribution in [0, 0.1) is 5.82 Å². The van der Waals surface area contributed by atoms with Gasteiger partial charge >= 0.3 is 0 Å². The van der Waals surface area contributed by atoms with Crippen LogP contribution in [0.25, 0.3) is 22.5 Å². The van der Waals surface area contributed by atoms with Crippen LogP contribution in [0.1, 0.15) is 43.1 Å². The largest absolute Gasteiger partial charge is 0.298 e. The average Bonchev–Trinajstić information content (AvgIpc) is 3.47. The number of carbonyl (C=O) groups excluding carboxylic acids is 1. The molecule has 1 fully saturated rings. The van der Waals surface area contributed by atoms with Gasteiger partial charge in [0.25, 0.3) is 5.78 Å². The van der Waals surface area contributed by atoms with Gasteiger partial charge in [0, 0.05) is 17.7 Å². The quantitative estimate of drug-likeness (QED) is 0.657. The van der Waals surface area contributed by atoms with Gasteiger partial charge < -0.3 is 0 Å². The summed E-state index contributed by atoms with van der Waals surface area (Å²) in [5.74, 6) is 1.58. The van der Waals surface area contributed by atoms with E-state index in [1.54, 1.807) is 16.6 Å². The predicted octanol–water partition coefficient (Wildman–Crippen LogP) is 4.11. The van der Waals surface area contributed by atoms with Gasteiger partial charge in [0.2, 0.25) is 0 Å². The first-order valence-electron chi connectivity index (χ1n) is 9.10. The Morgan fingerprint density at radius 1 is 1.07 bits per heavy atom. The molecule has 2 aliphatic rings. The van der Waals surface area contributed by atoms with Crippen LogP contribution in [-0.2, 0) is 4.79 Å². The van der Waals surface area contributed by atoms with Crippen molar-refractivity contribution in [2.75, 3.05) is 0 Å². The zero-order valence-electron chi connectivity index (χ0n) is 14.6. The molecule has 3 aromatic rings. The highest BCUT2D eigenvalue weighted by Crippen LogP contribution is 2.39. The summed E-state index contributed by atoms with van der Waals surface area (Å²) in [6.45, 7) is 0. The van der Waals surface area contributed by atoms with E-state index in [0.29, 0.717) is 18.1 Å². The summed E-state index contributed by atoms with van der Waals surface area (Å²) >= 11 is 0. The lowest BCUT2D eigenvalue weighted by Crippen LogP contribution is -2.03. The molecule has 0 bridgehead atoms. The van der Waals surface area contributed by atoms with Crippen molar-refractivity contribution in [3.8, 4) is 11.1 Å². The summed E-state index contributed by atoms with van der Waals surface area (Å²) in [7, 11) is 0. The number of hydrogen-bond donors (Lipinski definition) is 0. The van der Waals surface area contributed by atoms with E-state index in [1.807, 2.05) is 18.3 Å². The molecule has 5 rings (SSSR count). The lowest BCUT2D eigenvalue weighted by molar-refractivity contribution is -0.105. The van der Waals surface area contributed by atoms with E-state index in [4.69, 9.17) is 4.98 Å². The minimum Gasteiger partial charge on any atom is -0.298 e. The van der Waals surface area contributed by atoms with Gasteiger partial charge in [-0.2, -0.15) is 4.98 Å². The molecule has 5 nitrogen and oxygen atoms in total. The molecule has 27 heavy (non-hydrogen) atoms. The number of hydrogen-bond acceptors (Lipinski definition) is 4. The van der Waals surface area contributed by atoms with Crippen LogP contribution in [-0.4, -0.2) is 25.9 Å². The van der Waals surface area contributed by atoms with Crippen molar-refractivity contribution in [1.82, 2.24) is 19.6 Å². The molecule has 2 aliphatic carbocycles. The zero-order valence-corrected chi connectivity index (χ0v) is 14.6. The Hall–Kier alpha value is -3.15. The van der Waals surface area contributed by atoms with Crippen molar-refractivity contribution in [1.29, 1.82) is 0 Å². The van der Waals surface area contributed by atoms with Crippen molar-refractivity contribution in [2.24, 2.45) is 0 Å². The Morgan fingerprint density at radius 3 is 2.56 bits per heavy atom. The predicted molar refractivity (Wildman–Crippen MR) is 99.5 cm³/mol. The molecule has 0 aliphatic heterocycles. The molecule has 134 valence electrons. The SMILES string of the molecule is O=CC1=CC=C(c2nc3nc(C4CC4)nn3cc2-c2ccc(F)cc2)CC1. The van der Waals surface area contributed by atoms with E-state index in [1.165, 1.54) is 12.1 Å². The van der Waals surface area contributed by atoms with E-state index in [-0.39, 0.29) is 5.82 Å². The van der Waals surface area contributed by atoms with E-state index in [0.717, 1.165) is 59.3 Å². The second-order valence-corrected chi connectivity index (χ2v) is 7.05. The van der Waals surface area contributed by atoms with E-state index in [2.05, 4.69) is 10.1 Å². The summed E-state index contributed by atoms with van der Waals surface area (Å²) in [6.07, 6.45) is 10.3. The van der Waals surface area contributed by atoms with E-state index < -0.39 is 0 Å².